The summed E-state index contributed by atoms with van der Waals surface area (Å²) in [4.78, 5) is 19.3. The van der Waals surface area contributed by atoms with E-state index in [1.807, 2.05) is 41.3 Å². The highest BCUT2D eigenvalue weighted by Gasteiger charge is 2.16. The van der Waals surface area contributed by atoms with E-state index >= 15 is 0 Å². The predicted molar refractivity (Wildman–Crippen MR) is 116 cm³/mol. The Kier molecular flexibility index (Phi) is 7.39. The summed E-state index contributed by atoms with van der Waals surface area (Å²) in [6.07, 6.45) is 2.81. The Labute approximate surface area is 170 Å². The molecule has 5 nitrogen and oxygen atoms in total. The van der Waals surface area contributed by atoms with E-state index in [2.05, 4.69) is 29.4 Å². The molecule has 0 fully saturated rings. The van der Waals surface area contributed by atoms with E-state index in [0.29, 0.717) is 24.8 Å². The van der Waals surface area contributed by atoms with Gasteiger partial charge < -0.3 is 9.64 Å². The van der Waals surface area contributed by atoms with Crippen LogP contribution in [0.15, 0.2) is 48.5 Å². The average molecular weight is 398 g/mol. The Bertz CT molecular complexity index is 895. The molecule has 6 heteroatoms. The molecule has 1 aromatic heterocycles. The molecule has 0 saturated carbocycles. The molecule has 1 heterocycles. The highest BCUT2D eigenvalue weighted by atomic mass is 32.1. The van der Waals surface area contributed by atoms with E-state index in [1.54, 1.807) is 7.11 Å². The van der Waals surface area contributed by atoms with Gasteiger partial charge in [0.15, 0.2) is 5.13 Å². The summed E-state index contributed by atoms with van der Waals surface area (Å²) in [5.74, 6) is 0. The minimum atomic E-state index is -0.115. The maximum Gasteiger partial charge on any atom is 0.323 e. The van der Waals surface area contributed by atoms with E-state index in [4.69, 9.17) is 4.74 Å². The second kappa shape index (κ2) is 10.2. The zero-order chi connectivity index (χ0) is 19.8. The highest BCUT2D eigenvalue weighted by molar-refractivity contribution is 7.22. The number of rotatable bonds is 9. The summed E-state index contributed by atoms with van der Waals surface area (Å²) >= 11 is 1.52. The normalized spacial score (nSPS) is 10.9. The Morgan fingerprint density at radius 1 is 1.14 bits per heavy atom. The molecule has 0 saturated heterocycles. The third-order valence-corrected chi connectivity index (χ3v) is 5.54. The third kappa shape index (κ3) is 5.53. The molecule has 28 heavy (non-hydrogen) atoms. The lowest BCUT2D eigenvalue weighted by Crippen LogP contribution is -2.35. The zero-order valence-electron chi connectivity index (χ0n) is 16.5. The first-order valence-electron chi connectivity index (χ1n) is 9.68. The van der Waals surface area contributed by atoms with Gasteiger partial charge in [-0.25, -0.2) is 9.78 Å². The average Bonchev–Trinajstić information content (AvgIpc) is 3.12. The van der Waals surface area contributed by atoms with E-state index in [1.165, 1.54) is 16.9 Å². The highest BCUT2D eigenvalue weighted by Crippen LogP contribution is 2.27. The van der Waals surface area contributed by atoms with Gasteiger partial charge >= 0.3 is 6.03 Å². The monoisotopic (exact) mass is 397 g/mol. The summed E-state index contributed by atoms with van der Waals surface area (Å²) in [7, 11) is 1.70. The largest absolute Gasteiger partial charge is 0.385 e. The molecule has 2 aromatic carbocycles. The number of nitrogens with zero attached hydrogens (tertiary/aromatic N) is 2. The predicted octanol–water partition coefficient (Wildman–Crippen LogP) is 5.32. The van der Waals surface area contributed by atoms with Gasteiger partial charge in [-0.3, -0.25) is 5.32 Å². The number of unbranched alkanes of at least 4 members (excludes halogenated alkanes) is 1. The molecule has 2 amide bonds. The first-order valence-corrected chi connectivity index (χ1v) is 10.5. The maximum atomic E-state index is 12.9. The van der Waals surface area contributed by atoms with Crippen LogP contribution in [0, 0.1) is 0 Å². The van der Waals surface area contributed by atoms with Crippen LogP contribution >= 0.6 is 11.3 Å². The summed E-state index contributed by atoms with van der Waals surface area (Å²) in [5, 5.41) is 3.64. The molecule has 3 rings (SSSR count). The van der Waals surface area contributed by atoms with E-state index in [-0.39, 0.29) is 6.03 Å². The molecule has 0 aliphatic carbocycles. The van der Waals surface area contributed by atoms with Crippen molar-refractivity contribution < 1.29 is 9.53 Å². The topological polar surface area (TPSA) is 54.5 Å². The van der Waals surface area contributed by atoms with E-state index in [9.17, 15) is 4.79 Å². The van der Waals surface area contributed by atoms with Crippen molar-refractivity contribution in [1.29, 1.82) is 0 Å². The second-order valence-corrected chi connectivity index (χ2v) is 7.74. The summed E-state index contributed by atoms with van der Waals surface area (Å²) in [6, 6.07) is 16.2. The van der Waals surface area contributed by atoms with Crippen LogP contribution in [0.25, 0.3) is 10.2 Å². The number of aryl methyl sites for hydroxylation is 1. The fourth-order valence-electron chi connectivity index (χ4n) is 3.02. The number of carbonyl (C=O) groups excluding carboxylic acids is 1. The van der Waals surface area contributed by atoms with Gasteiger partial charge in [0.2, 0.25) is 0 Å². The van der Waals surface area contributed by atoms with Crippen molar-refractivity contribution in [3.05, 3.63) is 59.7 Å². The Morgan fingerprint density at radius 3 is 2.71 bits per heavy atom. The van der Waals surface area contributed by atoms with Crippen molar-refractivity contribution in [2.75, 3.05) is 25.6 Å². The van der Waals surface area contributed by atoms with Gasteiger partial charge in [-0.15, -0.1) is 0 Å². The molecule has 0 spiro atoms. The molecular formula is C22H27N3O2S. The summed E-state index contributed by atoms with van der Waals surface area (Å²) in [6.45, 7) is 4.09. The van der Waals surface area contributed by atoms with E-state index < -0.39 is 0 Å². The number of anilines is 1. The quantitative estimate of drug-likeness (QED) is 0.497. The fourth-order valence-corrected chi connectivity index (χ4v) is 3.94. The van der Waals surface area contributed by atoms with Crippen LogP contribution in [0.5, 0.6) is 0 Å². The minimum Gasteiger partial charge on any atom is -0.385 e. The van der Waals surface area contributed by atoms with Gasteiger partial charge in [-0.1, -0.05) is 54.7 Å². The number of hydrogen-bond acceptors (Lipinski definition) is 4. The lowest BCUT2D eigenvalue weighted by atomic mass is 10.2. The van der Waals surface area contributed by atoms with Gasteiger partial charge in [0.1, 0.15) is 0 Å². The van der Waals surface area contributed by atoms with E-state index in [0.717, 1.165) is 35.0 Å². The van der Waals surface area contributed by atoms with Crippen LogP contribution in [0.4, 0.5) is 9.93 Å². The van der Waals surface area contributed by atoms with Crippen molar-refractivity contribution in [1.82, 2.24) is 9.88 Å². The lowest BCUT2D eigenvalue weighted by Gasteiger charge is -2.22. The van der Waals surface area contributed by atoms with Gasteiger partial charge in [0.25, 0.3) is 0 Å². The van der Waals surface area contributed by atoms with Crippen LogP contribution < -0.4 is 5.32 Å². The second-order valence-electron chi connectivity index (χ2n) is 6.71. The molecule has 0 bridgehead atoms. The first kappa shape index (κ1) is 20.3. The minimum absolute atomic E-state index is 0.115. The molecule has 0 radical (unpaired) electrons. The fraction of sp³-hybridized carbons (Fsp3) is 0.364. The van der Waals surface area contributed by atoms with Gasteiger partial charge in [0.05, 0.1) is 10.2 Å². The van der Waals surface area contributed by atoms with Crippen molar-refractivity contribution in [3.63, 3.8) is 0 Å². The SMILES string of the molecule is CCc1ccc2nc(NC(=O)N(CCCCOC)Cc3ccccc3)sc2c1. The van der Waals surface area contributed by atoms with Crippen LogP contribution in [-0.4, -0.2) is 36.2 Å². The van der Waals surface area contributed by atoms with Gasteiger partial charge in [-0.2, -0.15) is 0 Å². The number of hydrogen-bond donors (Lipinski definition) is 1. The van der Waals surface area contributed by atoms with Crippen molar-refractivity contribution >= 4 is 32.7 Å². The first-order chi connectivity index (χ1) is 13.7. The number of carbonyl (C=O) groups is 1. The molecule has 1 N–H and O–H groups in total. The van der Waals surface area contributed by atoms with Crippen LogP contribution in [0.3, 0.4) is 0 Å². The number of nitrogens with one attached hydrogen (secondary N) is 1. The standard InChI is InChI=1S/C22H27N3O2S/c1-3-17-11-12-19-20(15-17)28-21(23-19)24-22(26)25(13-7-8-14-27-2)16-18-9-5-4-6-10-18/h4-6,9-12,15H,3,7-8,13-14,16H2,1-2H3,(H,23,24,26). The van der Waals surface area contributed by atoms with Gasteiger partial charge in [0, 0.05) is 26.8 Å². The number of benzene rings is 2. The van der Waals surface area contributed by atoms with Crippen LogP contribution in [0.2, 0.25) is 0 Å². The molecule has 148 valence electrons. The number of ether oxygens (including phenoxy) is 1. The Morgan fingerprint density at radius 2 is 1.96 bits per heavy atom. The number of amides is 2. The zero-order valence-corrected chi connectivity index (χ0v) is 17.3. The van der Waals surface area contributed by atoms with Crippen LogP contribution in [-0.2, 0) is 17.7 Å². The Balaban J connectivity index is 1.70. The number of aromatic nitrogens is 1. The van der Waals surface area contributed by atoms with Crippen molar-refractivity contribution in [3.8, 4) is 0 Å². The Hall–Kier alpha value is -2.44. The smallest absolute Gasteiger partial charge is 0.323 e. The van der Waals surface area contributed by atoms with Crippen molar-refractivity contribution in [2.24, 2.45) is 0 Å². The summed E-state index contributed by atoms with van der Waals surface area (Å²) in [5.41, 5.74) is 3.31. The molecule has 0 atom stereocenters. The lowest BCUT2D eigenvalue weighted by molar-refractivity contribution is 0.182. The molecular weight excluding hydrogens is 370 g/mol. The maximum absolute atomic E-state index is 12.9. The van der Waals surface area contributed by atoms with Crippen LogP contribution in [0.1, 0.15) is 30.9 Å². The molecule has 0 unspecified atom stereocenters. The molecule has 3 aromatic rings. The van der Waals surface area contributed by atoms with Crippen molar-refractivity contribution in [2.45, 2.75) is 32.7 Å². The summed E-state index contributed by atoms with van der Waals surface area (Å²) < 4.78 is 6.22. The number of thiazole rings is 1. The molecule has 0 aliphatic heterocycles. The third-order valence-electron chi connectivity index (χ3n) is 4.60. The number of urea groups is 1. The number of fused-ring (bicyclic) bond motifs is 1. The van der Waals surface area contributed by atoms with Gasteiger partial charge in [-0.05, 0) is 42.5 Å². The number of methoxy groups -OCH3 is 1. The molecule has 0 aliphatic rings.